The Hall–Kier alpha value is -2.77. The molecular formula is C24H27N3O3S. The second-order valence-electron chi connectivity index (χ2n) is 8.10. The summed E-state index contributed by atoms with van der Waals surface area (Å²) in [6.45, 7) is 2.04. The summed E-state index contributed by atoms with van der Waals surface area (Å²) in [7, 11) is 1.68. The number of rotatable bonds is 8. The maximum atomic E-state index is 13.2. The first-order chi connectivity index (χ1) is 15.0. The molecule has 31 heavy (non-hydrogen) atoms. The number of anilines is 1. The van der Waals surface area contributed by atoms with Gasteiger partial charge in [-0.3, -0.25) is 4.79 Å². The topological polar surface area (TPSA) is 84.3 Å². The van der Waals surface area contributed by atoms with E-state index >= 15 is 0 Å². The normalized spacial score (nSPS) is 20.5. The lowest BCUT2D eigenvalue weighted by Gasteiger charge is -2.15. The molecule has 2 heterocycles. The van der Waals surface area contributed by atoms with Gasteiger partial charge in [0, 0.05) is 12.2 Å². The van der Waals surface area contributed by atoms with Gasteiger partial charge in [-0.15, -0.1) is 11.3 Å². The van der Waals surface area contributed by atoms with Crippen molar-refractivity contribution in [2.75, 3.05) is 12.4 Å². The molecule has 6 nitrogen and oxygen atoms in total. The van der Waals surface area contributed by atoms with E-state index in [-0.39, 0.29) is 23.8 Å². The lowest BCUT2D eigenvalue weighted by Crippen LogP contribution is -2.20. The van der Waals surface area contributed by atoms with Gasteiger partial charge < -0.3 is 15.2 Å². The summed E-state index contributed by atoms with van der Waals surface area (Å²) >= 11 is 1.45. The first-order valence-corrected chi connectivity index (χ1v) is 11.4. The van der Waals surface area contributed by atoms with Crippen LogP contribution in [0.1, 0.15) is 46.1 Å². The summed E-state index contributed by atoms with van der Waals surface area (Å²) in [6.07, 6.45) is 5.88. The van der Waals surface area contributed by atoms with Gasteiger partial charge in [0.25, 0.3) is 0 Å². The molecule has 3 atom stereocenters. The standard InChI is InChI=1S/C24H27N3O3S/c1-15-9-18(11-20(15)28)27-24-19(12-25-14-26-24)23(29)22-10-16(13-31-22)7-8-17-5-3-4-6-21(17)30-2/h3-6,10,12-15,18,20,28H,7-9,11H2,1-2H3,(H,25,26,27)/t15-,18-,20+/m1/s1. The molecule has 1 aromatic carbocycles. The summed E-state index contributed by atoms with van der Waals surface area (Å²) in [5.41, 5.74) is 2.74. The predicted octanol–water partition coefficient (Wildman–Crippen LogP) is 4.13. The van der Waals surface area contributed by atoms with E-state index in [0.717, 1.165) is 36.1 Å². The summed E-state index contributed by atoms with van der Waals surface area (Å²) in [4.78, 5) is 22.2. The number of hydrogen-bond acceptors (Lipinski definition) is 7. The number of aliphatic hydroxyl groups is 1. The fourth-order valence-corrected chi connectivity index (χ4v) is 5.00. The van der Waals surface area contributed by atoms with Crippen molar-refractivity contribution in [1.29, 1.82) is 0 Å². The van der Waals surface area contributed by atoms with Gasteiger partial charge in [-0.05, 0) is 60.2 Å². The highest BCUT2D eigenvalue weighted by Gasteiger charge is 2.30. The van der Waals surface area contributed by atoms with Crippen molar-refractivity contribution in [3.05, 3.63) is 69.8 Å². The third-order valence-electron chi connectivity index (χ3n) is 5.89. The van der Waals surface area contributed by atoms with Gasteiger partial charge in [0.2, 0.25) is 5.78 Å². The van der Waals surface area contributed by atoms with Crippen LogP contribution in [0.2, 0.25) is 0 Å². The van der Waals surface area contributed by atoms with Crippen LogP contribution in [0.3, 0.4) is 0 Å². The zero-order chi connectivity index (χ0) is 21.8. The molecular weight excluding hydrogens is 410 g/mol. The number of nitrogens with one attached hydrogen (secondary N) is 1. The highest BCUT2D eigenvalue weighted by atomic mass is 32.1. The van der Waals surface area contributed by atoms with Crippen LogP contribution in [0.15, 0.2) is 48.2 Å². The lowest BCUT2D eigenvalue weighted by molar-refractivity contribution is 0.104. The Labute approximate surface area is 186 Å². The number of carbonyl (C=O) groups is 1. The molecule has 4 rings (SSSR count). The van der Waals surface area contributed by atoms with Gasteiger partial charge in [-0.2, -0.15) is 0 Å². The van der Waals surface area contributed by atoms with Crippen molar-refractivity contribution in [3.8, 4) is 5.75 Å². The van der Waals surface area contributed by atoms with Crippen molar-refractivity contribution < 1.29 is 14.6 Å². The smallest absolute Gasteiger partial charge is 0.208 e. The number of aryl methyl sites for hydroxylation is 2. The van der Waals surface area contributed by atoms with Crippen LogP contribution in [0.5, 0.6) is 5.75 Å². The quantitative estimate of drug-likeness (QED) is 0.516. The number of para-hydroxylation sites is 1. The molecule has 7 heteroatoms. The minimum atomic E-state index is -0.318. The van der Waals surface area contributed by atoms with Crippen LogP contribution in [0.25, 0.3) is 0 Å². The van der Waals surface area contributed by atoms with Crippen molar-refractivity contribution in [2.24, 2.45) is 5.92 Å². The molecule has 1 saturated carbocycles. The Morgan fingerprint density at radius 2 is 2.13 bits per heavy atom. The van der Waals surface area contributed by atoms with E-state index in [1.54, 1.807) is 13.3 Å². The average molecular weight is 438 g/mol. The van der Waals surface area contributed by atoms with Gasteiger partial charge in [-0.25, -0.2) is 9.97 Å². The van der Waals surface area contributed by atoms with E-state index in [4.69, 9.17) is 4.74 Å². The van der Waals surface area contributed by atoms with Crippen LogP contribution in [0.4, 0.5) is 5.82 Å². The van der Waals surface area contributed by atoms with Crippen LogP contribution in [0, 0.1) is 5.92 Å². The Bertz CT molecular complexity index is 1040. The molecule has 0 bridgehead atoms. The molecule has 0 radical (unpaired) electrons. The maximum Gasteiger partial charge on any atom is 0.208 e. The van der Waals surface area contributed by atoms with Crippen molar-refractivity contribution >= 4 is 22.9 Å². The zero-order valence-corrected chi connectivity index (χ0v) is 18.6. The summed E-state index contributed by atoms with van der Waals surface area (Å²) in [5.74, 6) is 1.58. The molecule has 1 fully saturated rings. The first kappa shape index (κ1) is 21.5. The summed E-state index contributed by atoms with van der Waals surface area (Å²) in [5, 5.41) is 15.4. The molecule has 0 unspecified atom stereocenters. The Morgan fingerprint density at radius 1 is 1.29 bits per heavy atom. The molecule has 0 saturated heterocycles. The summed E-state index contributed by atoms with van der Waals surface area (Å²) < 4.78 is 5.43. The minimum absolute atomic E-state index is 0.0803. The molecule has 162 valence electrons. The fraction of sp³-hybridized carbons (Fsp3) is 0.375. The molecule has 2 aromatic heterocycles. The number of ether oxygens (including phenoxy) is 1. The number of aromatic nitrogens is 2. The van der Waals surface area contributed by atoms with Gasteiger partial charge in [0.15, 0.2) is 0 Å². The number of ketones is 1. The van der Waals surface area contributed by atoms with Gasteiger partial charge in [0.1, 0.15) is 17.9 Å². The van der Waals surface area contributed by atoms with E-state index in [0.29, 0.717) is 22.7 Å². The number of aliphatic hydroxyl groups excluding tert-OH is 1. The number of thiophene rings is 1. The SMILES string of the molecule is COc1ccccc1CCc1csc(C(=O)c2cncnc2N[C@@H]2C[C@@H](C)[C@@H](O)C2)c1. The monoisotopic (exact) mass is 437 g/mol. The van der Waals surface area contributed by atoms with Gasteiger partial charge in [-0.1, -0.05) is 25.1 Å². The van der Waals surface area contributed by atoms with Gasteiger partial charge in [0.05, 0.1) is 23.7 Å². The number of hydrogen-bond donors (Lipinski definition) is 2. The van der Waals surface area contributed by atoms with Crippen molar-refractivity contribution in [1.82, 2.24) is 9.97 Å². The predicted molar refractivity (Wildman–Crippen MR) is 122 cm³/mol. The fourth-order valence-electron chi connectivity index (χ4n) is 4.09. The van der Waals surface area contributed by atoms with Crippen LogP contribution < -0.4 is 10.1 Å². The molecule has 1 aliphatic rings. The number of carbonyl (C=O) groups excluding carboxylic acids is 1. The Balaban J connectivity index is 1.45. The zero-order valence-electron chi connectivity index (χ0n) is 17.7. The van der Waals surface area contributed by atoms with Gasteiger partial charge >= 0.3 is 0 Å². The number of nitrogens with zero attached hydrogens (tertiary/aromatic N) is 2. The number of methoxy groups -OCH3 is 1. The molecule has 0 amide bonds. The van der Waals surface area contributed by atoms with E-state index in [1.807, 2.05) is 36.6 Å². The molecule has 1 aliphatic carbocycles. The van der Waals surface area contributed by atoms with Crippen LogP contribution >= 0.6 is 11.3 Å². The van der Waals surface area contributed by atoms with Crippen LogP contribution in [-0.2, 0) is 12.8 Å². The van der Waals surface area contributed by atoms with Crippen molar-refractivity contribution in [2.45, 2.75) is 44.8 Å². The Kier molecular flexibility index (Phi) is 6.63. The first-order valence-electron chi connectivity index (χ1n) is 10.5. The second-order valence-corrected chi connectivity index (χ2v) is 9.01. The van der Waals surface area contributed by atoms with E-state index in [1.165, 1.54) is 17.7 Å². The molecule has 2 N–H and O–H groups in total. The highest BCUT2D eigenvalue weighted by molar-refractivity contribution is 7.12. The third kappa shape index (κ3) is 4.94. The second kappa shape index (κ2) is 9.58. The highest BCUT2D eigenvalue weighted by Crippen LogP contribution is 2.29. The van der Waals surface area contributed by atoms with E-state index in [9.17, 15) is 9.90 Å². The average Bonchev–Trinajstić information content (AvgIpc) is 3.38. The van der Waals surface area contributed by atoms with E-state index < -0.39 is 0 Å². The maximum absolute atomic E-state index is 13.2. The van der Waals surface area contributed by atoms with E-state index in [2.05, 4.69) is 21.4 Å². The van der Waals surface area contributed by atoms with Crippen LogP contribution in [-0.4, -0.2) is 40.1 Å². The number of benzene rings is 1. The Morgan fingerprint density at radius 3 is 2.90 bits per heavy atom. The minimum Gasteiger partial charge on any atom is -0.496 e. The summed E-state index contributed by atoms with van der Waals surface area (Å²) in [6, 6.07) is 10.1. The lowest BCUT2D eigenvalue weighted by atomic mass is 10.0. The molecule has 0 spiro atoms. The molecule has 0 aliphatic heterocycles. The molecule has 3 aromatic rings. The van der Waals surface area contributed by atoms with Crippen molar-refractivity contribution in [3.63, 3.8) is 0 Å². The largest absolute Gasteiger partial charge is 0.496 e. The third-order valence-corrected chi connectivity index (χ3v) is 6.87.